The molecule has 0 fully saturated rings. The summed E-state index contributed by atoms with van der Waals surface area (Å²) in [5.74, 6) is 0.262. The van der Waals surface area contributed by atoms with Gasteiger partial charge in [-0.1, -0.05) is 54.1 Å². The quantitative estimate of drug-likeness (QED) is 0.425. The Bertz CT molecular complexity index is 1070. The number of amides is 1. The lowest BCUT2D eigenvalue weighted by Gasteiger charge is -2.03. The van der Waals surface area contributed by atoms with Gasteiger partial charge in [0, 0.05) is 9.13 Å². The first kappa shape index (κ1) is 16.3. The van der Waals surface area contributed by atoms with Gasteiger partial charge in [0.05, 0.1) is 5.02 Å². The molecule has 1 amide bonds. The molecule has 0 saturated carbocycles. The van der Waals surface area contributed by atoms with E-state index in [9.17, 15) is 4.79 Å². The van der Waals surface area contributed by atoms with Crippen LogP contribution in [0.4, 0.5) is 0 Å². The first-order valence-electron chi connectivity index (χ1n) is 7.67. The van der Waals surface area contributed by atoms with Crippen molar-refractivity contribution in [1.82, 2.24) is 5.32 Å². The van der Waals surface area contributed by atoms with Gasteiger partial charge in [0.1, 0.15) is 11.5 Å². The molecular formula is C20H12ClIN2O. The zero-order valence-corrected chi connectivity index (χ0v) is 15.9. The van der Waals surface area contributed by atoms with Crippen LogP contribution in [0.3, 0.4) is 0 Å². The number of hydrogen-bond acceptors (Lipinski definition) is 2. The molecule has 3 aromatic carbocycles. The molecule has 1 heterocycles. The fraction of sp³-hybridized carbons (Fsp3) is 0. The number of hydrogen-bond donors (Lipinski definition) is 1. The maximum absolute atomic E-state index is 12.4. The number of carbonyl (C=O) groups excluding carboxylic acids is 1. The van der Waals surface area contributed by atoms with Crippen molar-refractivity contribution in [2.24, 2.45) is 4.99 Å². The maximum Gasteiger partial charge on any atom is 0.275 e. The van der Waals surface area contributed by atoms with Gasteiger partial charge in [-0.05, 0) is 63.2 Å². The summed E-state index contributed by atoms with van der Waals surface area (Å²) in [5.41, 5.74) is 2.06. The second-order valence-electron chi connectivity index (χ2n) is 5.64. The van der Waals surface area contributed by atoms with Crippen LogP contribution in [0.1, 0.15) is 11.1 Å². The van der Waals surface area contributed by atoms with Crippen LogP contribution >= 0.6 is 34.2 Å². The van der Waals surface area contributed by atoms with Crippen molar-refractivity contribution in [2.45, 2.75) is 0 Å². The predicted molar refractivity (Wildman–Crippen MR) is 111 cm³/mol. The van der Waals surface area contributed by atoms with Crippen LogP contribution in [0.25, 0.3) is 16.8 Å². The van der Waals surface area contributed by atoms with E-state index in [0.717, 1.165) is 25.5 Å². The van der Waals surface area contributed by atoms with Crippen LogP contribution in [0.15, 0.2) is 71.4 Å². The van der Waals surface area contributed by atoms with Crippen LogP contribution in [0, 0.1) is 3.57 Å². The van der Waals surface area contributed by atoms with Crippen molar-refractivity contribution in [3.05, 3.63) is 86.1 Å². The number of nitrogens with one attached hydrogen (secondary N) is 1. The second-order valence-corrected chi connectivity index (χ2v) is 7.29. The van der Waals surface area contributed by atoms with Gasteiger partial charge in [-0.15, -0.1) is 0 Å². The molecule has 3 aromatic rings. The van der Waals surface area contributed by atoms with E-state index in [1.165, 1.54) is 0 Å². The van der Waals surface area contributed by atoms with Gasteiger partial charge in [0.25, 0.3) is 5.91 Å². The SMILES string of the molecule is O=C1NC(c2cc(I)ccc2Cl)=N/C1=C/c1cccc2ccccc12. The molecule has 4 rings (SSSR count). The largest absolute Gasteiger partial charge is 0.305 e. The Hall–Kier alpha value is -2.18. The monoisotopic (exact) mass is 458 g/mol. The first-order chi connectivity index (χ1) is 12.1. The summed E-state index contributed by atoms with van der Waals surface area (Å²) in [6.45, 7) is 0. The zero-order valence-electron chi connectivity index (χ0n) is 13.0. The normalized spacial score (nSPS) is 15.5. The molecule has 3 nitrogen and oxygen atoms in total. The van der Waals surface area contributed by atoms with E-state index in [2.05, 4.69) is 32.9 Å². The minimum Gasteiger partial charge on any atom is -0.305 e. The molecular weight excluding hydrogens is 447 g/mol. The molecule has 0 atom stereocenters. The highest BCUT2D eigenvalue weighted by molar-refractivity contribution is 14.1. The molecule has 0 aliphatic carbocycles. The highest BCUT2D eigenvalue weighted by Gasteiger charge is 2.23. The van der Waals surface area contributed by atoms with E-state index in [1.807, 2.05) is 60.7 Å². The highest BCUT2D eigenvalue weighted by Crippen LogP contribution is 2.25. The average Bonchev–Trinajstić information content (AvgIpc) is 2.98. The van der Waals surface area contributed by atoms with Crippen molar-refractivity contribution in [3.63, 3.8) is 0 Å². The number of fused-ring (bicyclic) bond motifs is 1. The molecule has 0 radical (unpaired) electrons. The van der Waals surface area contributed by atoms with Gasteiger partial charge < -0.3 is 5.32 Å². The number of carbonyl (C=O) groups is 1. The third kappa shape index (κ3) is 3.19. The lowest BCUT2D eigenvalue weighted by Crippen LogP contribution is -2.25. The van der Waals surface area contributed by atoms with Crippen molar-refractivity contribution in [2.75, 3.05) is 0 Å². The Morgan fingerprint density at radius 2 is 1.84 bits per heavy atom. The number of nitrogens with zero attached hydrogens (tertiary/aromatic N) is 1. The van der Waals surface area contributed by atoms with Crippen LogP contribution in [0.5, 0.6) is 0 Å². The van der Waals surface area contributed by atoms with Crippen molar-refractivity contribution >= 4 is 62.8 Å². The molecule has 25 heavy (non-hydrogen) atoms. The summed E-state index contributed by atoms with van der Waals surface area (Å²) in [7, 11) is 0. The highest BCUT2D eigenvalue weighted by atomic mass is 127. The fourth-order valence-corrected chi connectivity index (χ4v) is 3.50. The van der Waals surface area contributed by atoms with Crippen molar-refractivity contribution in [3.8, 4) is 0 Å². The summed E-state index contributed by atoms with van der Waals surface area (Å²) in [4.78, 5) is 16.8. The Balaban J connectivity index is 1.80. The zero-order chi connectivity index (χ0) is 17.4. The number of amidine groups is 1. The molecule has 0 bridgehead atoms. The van der Waals surface area contributed by atoms with E-state index in [0.29, 0.717) is 16.6 Å². The number of benzene rings is 3. The fourth-order valence-electron chi connectivity index (χ4n) is 2.80. The topological polar surface area (TPSA) is 41.5 Å². The summed E-state index contributed by atoms with van der Waals surface area (Å²) >= 11 is 8.46. The summed E-state index contributed by atoms with van der Waals surface area (Å²) in [5, 5.41) is 5.58. The maximum atomic E-state index is 12.4. The number of aliphatic imine (C=N–C) groups is 1. The smallest absolute Gasteiger partial charge is 0.275 e. The van der Waals surface area contributed by atoms with E-state index in [4.69, 9.17) is 11.6 Å². The van der Waals surface area contributed by atoms with Crippen LogP contribution in [-0.4, -0.2) is 11.7 Å². The molecule has 0 aromatic heterocycles. The molecule has 5 heteroatoms. The van der Waals surface area contributed by atoms with Gasteiger partial charge in [-0.25, -0.2) is 4.99 Å². The Morgan fingerprint density at radius 1 is 1.04 bits per heavy atom. The molecule has 1 N–H and O–H groups in total. The van der Waals surface area contributed by atoms with Gasteiger partial charge in [0.2, 0.25) is 0 Å². The Morgan fingerprint density at radius 3 is 2.72 bits per heavy atom. The Kier molecular flexibility index (Phi) is 4.31. The van der Waals surface area contributed by atoms with Gasteiger partial charge in [0.15, 0.2) is 0 Å². The molecule has 1 aliphatic heterocycles. The van der Waals surface area contributed by atoms with Crippen LogP contribution < -0.4 is 5.32 Å². The standard InChI is InChI=1S/C20H12ClIN2O/c21-17-9-8-14(22)11-16(17)19-23-18(20(25)24-19)10-13-6-3-5-12-4-1-2-7-15(12)13/h1-11H,(H,23,24,25)/b18-10+. The minimum absolute atomic E-state index is 0.224. The van der Waals surface area contributed by atoms with Gasteiger partial charge in [-0.3, -0.25) is 4.79 Å². The molecule has 0 unspecified atom stereocenters. The van der Waals surface area contributed by atoms with E-state index < -0.39 is 0 Å². The van der Waals surface area contributed by atoms with E-state index in [-0.39, 0.29) is 5.91 Å². The summed E-state index contributed by atoms with van der Waals surface area (Å²) in [6.07, 6.45) is 1.81. The Labute approximate surface area is 163 Å². The third-order valence-corrected chi connectivity index (χ3v) is 5.00. The molecule has 122 valence electrons. The number of halogens is 2. The van der Waals surface area contributed by atoms with Crippen molar-refractivity contribution < 1.29 is 4.79 Å². The summed E-state index contributed by atoms with van der Waals surface area (Å²) < 4.78 is 1.03. The van der Waals surface area contributed by atoms with Gasteiger partial charge >= 0.3 is 0 Å². The molecule has 0 saturated heterocycles. The van der Waals surface area contributed by atoms with Crippen LogP contribution in [-0.2, 0) is 4.79 Å². The van der Waals surface area contributed by atoms with Crippen LogP contribution in [0.2, 0.25) is 5.02 Å². The minimum atomic E-state index is -0.224. The molecule has 0 spiro atoms. The average molecular weight is 459 g/mol. The lowest BCUT2D eigenvalue weighted by molar-refractivity contribution is -0.115. The number of rotatable bonds is 2. The van der Waals surface area contributed by atoms with Gasteiger partial charge in [-0.2, -0.15) is 0 Å². The lowest BCUT2D eigenvalue weighted by atomic mass is 10.0. The summed E-state index contributed by atoms with van der Waals surface area (Å²) in [6, 6.07) is 19.7. The first-order valence-corrected chi connectivity index (χ1v) is 9.12. The molecule has 1 aliphatic rings. The van der Waals surface area contributed by atoms with E-state index >= 15 is 0 Å². The van der Waals surface area contributed by atoms with E-state index in [1.54, 1.807) is 6.07 Å². The second kappa shape index (κ2) is 6.61. The third-order valence-electron chi connectivity index (χ3n) is 4.00. The predicted octanol–water partition coefficient (Wildman–Crippen LogP) is 5.02. The van der Waals surface area contributed by atoms with Crippen molar-refractivity contribution in [1.29, 1.82) is 0 Å².